The summed E-state index contributed by atoms with van der Waals surface area (Å²) in [5, 5.41) is 12.9. The number of hydrogen-bond acceptors (Lipinski definition) is 7. The van der Waals surface area contributed by atoms with Crippen molar-refractivity contribution in [2.75, 3.05) is 11.1 Å². The standard InChI is InChI=1S/C23H18FN7O/c1-12(30-23-16(10-25)21(26)28-11-29-23)20-18(13-5-3-2-4-6-13)19(22(27)32)15-9-14(24)7-8-17(15)31-20/h2-9,11-12H,1H3,(H2,27,32)(H3,26,28,29,30)/t12-/m0/s1. The van der Waals surface area contributed by atoms with Gasteiger partial charge in [0.05, 0.1) is 22.8 Å². The molecule has 2 aromatic heterocycles. The lowest BCUT2D eigenvalue weighted by Gasteiger charge is -2.21. The lowest BCUT2D eigenvalue weighted by molar-refractivity contribution is 0.100. The van der Waals surface area contributed by atoms with Gasteiger partial charge in [-0.15, -0.1) is 0 Å². The summed E-state index contributed by atoms with van der Waals surface area (Å²) in [7, 11) is 0. The molecule has 0 fully saturated rings. The third-order valence-electron chi connectivity index (χ3n) is 5.04. The van der Waals surface area contributed by atoms with Crippen LogP contribution in [0, 0.1) is 17.1 Å². The molecule has 1 amide bonds. The van der Waals surface area contributed by atoms with Gasteiger partial charge in [-0.1, -0.05) is 30.3 Å². The number of primary amides is 1. The van der Waals surface area contributed by atoms with Crippen LogP contribution in [0.15, 0.2) is 54.9 Å². The number of anilines is 2. The number of carbonyl (C=O) groups excluding carboxylic acids is 1. The van der Waals surface area contributed by atoms with E-state index in [4.69, 9.17) is 16.5 Å². The molecule has 2 heterocycles. The van der Waals surface area contributed by atoms with Crippen LogP contribution in [0.25, 0.3) is 22.0 Å². The number of rotatable bonds is 5. The van der Waals surface area contributed by atoms with Gasteiger partial charge in [0, 0.05) is 10.9 Å². The van der Waals surface area contributed by atoms with Crippen LogP contribution in [0.2, 0.25) is 0 Å². The van der Waals surface area contributed by atoms with Gasteiger partial charge in [-0.2, -0.15) is 5.26 Å². The molecule has 0 aliphatic heterocycles. The van der Waals surface area contributed by atoms with E-state index in [0.29, 0.717) is 27.7 Å². The number of aromatic nitrogens is 3. The highest BCUT2D eigenvalue weighted by Crippen LogP contribution is 2.36. The van der Waals surface area contributed by atoms with E-state index < -0.39 is 17.8 Å². The largest absolute Gasteiger partial charge is 0.382 e. The molecule has 0 saturated carbocycles. The fraction of sp³-hybridized carbons (Fsp3) is 0.0870. The Labute approximate surface area is 182 Å². The monoisotopic (exact) mass is 427 g/mol. The Balaban J connectivity index is 1.98. The van der Waals surface area contributed by atoms with E-state index in [-0.39, 0.29) is 22.8 Å². The Hall–Kier alpha value is -4.58. The predicted molar refractivity (Wildman–Crippen MR) is 119 cm³/mol. The van der Waals surface area contributed by atoms with Gasteiger partial charge in [0.2, 0.25) is 5.91 Å². The molecule has 0 unspecified atom stereocenters. The molecule has 8 nitrogen and oxygen atoms in total. The van der Waals surface area contributed by atoms with E-state index >= 15 is 0 Å². The second kappa shape index (κ2) is 8.28. The maximum atomic E-state index is 14.0. The number of nitriles is 1. The van der Waals surface area contributed by atoms with Gasteiger partial charge in [0.1, 0.15) is 35.4 Å². The smallest absolute Gasteiger partial charge is 0.250 e. The second-order valence-electron chi connectivity index (χ2n) is 7.10. The second-order valence-corrected chi connectivity index (χ2v) is 7.10. The summed E-state index contributed by atoms with van der Waals surface area (Å²) >= 11 is 0. The molecule has 2 aromatic carbocycles. The number of nitrogens with one attached hydrogen (secondary N) is 1. The lowest BCUT2D eigenvalue weighted by atomic mass is 9.91. The number of pyridine rings is 1. The summed E-state index contributed by atoms with van der Waals surface area (Å²) in [5.74, 6) is -0.942. The number of carbonyl (C=O) groups is 1. The van der Waals surface area contributed by atoms with E-state index in [1.165, 1.54) is 24.5 Å². The van der Waals surface area contributed by atoms with E-state index in [9.17, 15) is 14.4 Å². The van der Waals surface area contributed by atoms with Crippen LogP contribution in [0.4, 0.5) is 16.0 Å². The van der Waals surface area contributed by atoms with Gasteiger partial charge in [0.25, 0.3) is 0 Å². The topological polar surface area (TPSA) is 144 Å². The van der Waals surface area contributed by atoms with Crippen LogP contribution in [0.1, 0.15) is 34.6 Å². The van der Waals surface area contributed by atoms with Crippen molar-refractivity contribution in [3.63, 3.8) is 0 Å². The predicted octanol–water partition coefficient (Wildman–Crippen LogP) is 3.56. The minimum absolute atomic E-state index is 0.0419. The minimum Gasteiger partial charge on any atom is -0.382 e. The first kappa shape index (κ1) is 20.7. The number of nitrogen functional groups attached to an aromatic ring is 1. The average Bonchev–Trinajstić information content (AvgIpc) is 2.78. The highest BCUT2D eigenvalue weighted by Gasteiger charge is 2.24. The van der Waals surface area contributed by atoms with Crippen LogP contribution in [0.3, 0.4) is 0 Å². The Kier molecular flexibility index (Phi) is 5.35. The fourth-order valence-electron chi connectivity index (χ4n) is 3.61. The zero-order valence-corrected chi connectivity index (χ0v) is 17.0. The first-order valence-electron chi connectivity index (χ1n) is 9.66. The Morgan fingerprint density at radius 3 is 2.62 bits per heavy atom. The van der Waals surface area contributed by atoms with Gasteiger partial charge in [-0.05, 0) is 30.7 Å². The Morgan fingerprint density at radius 1 is 1.19 bits per heavy atom. The van der Waals surface area contributed by atoms with E-state index in [1.54, 1.807) is 6.92 Å². The van der Waals surface area contributed by atoms with Crippen molar-refractivity contribution in [3.05, 3.63) is 77.5 Å². The van der Waals surface area contributed by atoms with E-state index in [2.05, 4.69) is 15.3 Å². The highest BCUT2D eigenvalue weighted by atomic mass is 19.1. The van der Waals surface area contributed by atoms with Crippen molar-refractivity contribution in [3.8, 4) is 17.2 Å². The van der Waals surface area contributed by atoms with E-state index in [0.717, 1.165) is 0 Å². The summed E-state index contributed by atoms with van der Waals surface area (Å²) < 4.78 is 14.0. The molecule has 1 atom stereocenters. The Morgan fingerprint density at radius 2 is 1.94 bits per heavy atom. The van der Waals surface area contributed by atoms with Crippen molar-refractivity contribution >= 4 is 28.4 Å². The van der Waals surface area contributed by atoms with Crippen LogP contribution in [-0.2, 0) is 0 Å². The number of fused-ring (bicyclic) bond motifs is 1. The quantitative estimate of drug-likeness (QED) is 0.442. The van der Waals surface area contributed by atoms with Gasteiger partial charge in [-0.25, -0.2) is 19.3 Å². The van der Waals surface area contributed by atoms with Crippen molar-refractivity contribution in [1.82, 2.24) is 15.0 Å². The first-order chi connectivity index (χ1) is 15.4. The number of nitrogens with zero attached hydrogens (tertiary/aromatic N) is 4. The summed E-state index contributed by atoms with van der Waals surface area (Å²) in [5.41, 5.74) is 13.9. The molecule has 0 aliphatic rings. The molecule has 158 valence electrons. The van der Waals surface area contributed by atoms with Gasteiger partial charge < -0.3 is 16.8 Å². The minimum atomic E-state index is -0.709. The van der Waals surface area contributed by atoms with Crippen molar-refractivity contribution in [2.45, 2.75) is 13.0 Å². The number of benzene rings is 2. The summed E-state index contributed by atoms with van der Waals surface area (Å²) in [6.45, 7) is 1.80. The fourth-order valence-corrected chi connectivity index (χ4v) is 3.61. The molecule has 0 radical (unpaired) electrons. The number of halogens is 1. The molecule has 0 aliphatic carbocycles. The molecule has 32 heavy (non-hydrogen) atoms. The Bertz CT molecular complexity index is 1380. The van der Waals surface area contributed by atoms with Crippen LogP contribution in [0.5, 0.6) is 0 Å². The molecule has 4 aromatic rings. The molecule has 0 saturated heterocycles. The summed E-state index contributed by atoms with van der Waals surface area (Å²) in [4.78, 5) is 25.2. The molecule has 5 N–H and O–H groups in total. The third-order valence-corrected chi connectivity index (χ3v) is 5.04. The normalized spacial score (nSPS) is 11.7. The van der Waals surface area contributed by atoms with Crippen LogP contribution in [-0.4, -0.2) is 20.9 Å². The summed E-state index contributed by atoms with van der Waals surface area (Å²) in [6, 6.07) is 14.6. The average molecular weight is 427 g/mol. The van der Waals surface area contributed by atoms with Crippen molar-refractivity contribution in [1.29, 1.82) is 5.26 Å². The maximum Gasteiger partial charge on any atom is 0.250 e. The molecule has 9 heteroatoms. The van der Waals surface area contributed by atoms with Crippen molar-refractivity contribution < 1.29 is 9.18 Å². The number of nitrogens with two attached hydrogens (primary N) is 2. The maximum absolute atomic E-state index is 14.0. The molecule has 0 spiro atoms. The zero-order valence-electron chi connectivity index (χ0n) is 17.0. The SMILES string of the molecule is C[C@H](Nc1ncnc(N)c1C#N)c1nc2ccc(F)cc2c(C(N)=O)c1-c1ccccc1. The third kappa shape index (κ3) is 3.65. The molecule has 0 bridgehead atoms. The molecular weight excluding hydrogens is 409 g/mol. The lowest BCUT2D eigenvalue weighted by Crippen LogP contribution is -2.19. The zero-order chi connectivity index (χ0) is 22.8. The van der Waals surface area contributed by atoms with Crippen LogP contribution >= 0.6 is 0 Å². The number of amides is 1. The van der Waals surface area contributed by atoms with Crippen LogP contribution < -0.4 is 16.8 Å². The van der Waals surface area contributed by atoms with Gasteiger partial charge >= 0.3 is 0 Å². The molecular formula is C23H18FN7O. The van der Waals surface area contributed by atoms with Gasteiger partial charge in [-0.3, -0.25) is 4.79 Å². The van der Waals surface area contributed by atoms with E-state index in [1.807, 2.05) is 36.4 Å². The number of hydrogen-bond donors (Lipinski definition) is 3. The molecule has 4 rings (SSSR count). The van der Waals surface area contributed by atoms with Gasteiger partial charge in [0.15, 0.2) is 0 Å². The summed E-state index contributed by atoms with van der Waals surface area (Å²) in [6.07, 6.45) is 1.24. The highest BCUT2D eigenvalue weighted by molar-refractivity contribution is 6.11. The van der Waals surface area contributed by atoms with Crippen molar-refractivity contribution in [2.24, 2.45) is 5.73 Å². The first-order valence-corrected chi connectivity index (χ1v) is 9.66.